The number of esters is 4. The quantitative estimate of drug-likeness (QED) is 0.0222. The highest BCUT2D eigenvalue weighted by atomic mass is 31.2. The van der Waals surface area contributed by atoms with E-state index in [1.54, 1.807) is 0 Å². The minimum Gasteiger partial charge on any atom is -0.462 e. The van der Waals surface area contributed by atoms with Crippen LogP contribution in [0.2, 0.25) is 0 Å². The van der Waals surface area contributed by atoms with Crippen LogP contribution in [0.3, 0.4) is 0 Å². The first-order valence-corrected chi connectivity index (χ1v) is 42.5. The van der Waals surface area contributed by atoms with Crippen molar-refractivity contribution in [3.63, 3.8) is 0 Å². The molecule has 0 rings (SSSR count). The molecular weight excluding hydrogens is 1250 g/mol. The number of phosphoric acid groups is 2. The Labute approximate surface area is 581 Å². The molecule has 0 aromatic heterocycles. The molecule has 0 bridgehead atoms. The lowest BCUT2D eigenvalue weighted by Gasteiger charge is -2.21. The van der Waals surface area contributed by atoms with Crippen molar-refractivity contribution in [3.05, 3.63) is 0 Å². The molecule has 0 aromatic rings. The van der Waals surface area contributed by atoms with Crippen molar-refractivity contribution >= 4 is 39.5 Å². The minimum atomic E-state index is -4.96. The Bertz CT molecular complexity index is 1840. The van der Waals surface area contributed by atoms with Crippen LogP contribution in [0, 0.1) is 11.8 Å². The summed E-state index contributed by atoms with van der Waals surface area (Å²) in [5, 5.41) is 10.6. The molecule has 3 N–H and O–H groups in total. The Morgan fingerprint density at radius 2 is 0.484 bits per heavy atom. The molecule has 0 saturated heterocycles. The highest BCUT2D eigenvalue weighted by molar-refractivity contribution is 7.47. The summed E-state index contributed by atoms with van der Waals surface area (Å²) in [6, 6.07) is 0. The van der Waals surface area contributed by atoms with Crippen LogP contribution in [-0.2, 0) is 65.4 Å². The second-order valence-electron chi connectivity index (χ2n) is 28.3. The Hall–Kier alpha value is -1.94. The molecule has 0 fully saturated rings. The average molecular weight is 1400 g/mol. The lowest BCUT2D eigenvalue weighted by atomic mass is 10.0. The van der Waals surface area contributed by atoms with E-state index in [4.69, 9.17) is 37.0 Å². The first-order chi connectivity index (χ1) is 45.9. The van der Waals surface area contributed by atoms with Gasteiger partial charge in [-0.05, 0) is 37.5 Å². The molecule has 0 radical (unpaired) electrons. The summed E-state index contributed by atoms with van der Waals surface area (Å²) in [4.78, 5) is 72.8. The van der Waals surface area contributed by atoms with Gasteiger partial charge in [-0.15, -0.1) is 0 Å². The molecule has 0 aliphatic heterocycles. The minimum absolute atomic E-state index is 0.107. The van der Waals surface area contributed by atoms with Crippen LogP contribution in [0.15, 0.2) is 0 Å². The molecule has 17 nitrogen and oxygen atoms in total. The number of carbonyl (C=O) groups excluding carboxylic acids is 4. The smallest absolute Gasteiger partial charge is 0.462 e. The van der Waals surface area contributed by atoms with Crippen LogP contribution in [0.5, 0.6) is 0 Å². The lowest BCUT2D eigenvalue weighted by molar-refractivity contribution is -0.161. The Morgan fingerprint density at radius 3 is 0.716 bits per heavy atom. The molecule has 564 valence electrons. The average Bonchev–Trinajstić information content (AvgIpc) is 1.33. The van der Waals surface area contributed by atoms with Crippen molar-refractivity contribution in [2.75, 3.05) is 39.6 Å². The van der Waals surface area contributed by atoms with Gasteiger partial charge in [0.05, 0.1) is 26.4 Å². The van der Waals surface area contributed by atoms with Crippen LogP contribution in [0.4, 0.5) is 0 Å². The van der Waals surface area contributed by atoms with E-state index in [0.717, 1.165) is 102 Å². The van der Waals surface area contributed by atoms with Gasteiger partial charge in [-0.2, -0.15) is 0 Å². The first-order valence-electron chi connectivity index (χ1n) is 39.5. The standard InChI is InChI=1S/C76H148O17P2/c1-7-9-11-13-15-17-19-21-23-24-25-27-33-37-41-49-55-61-75(80)92-71(64-86-73(78)58-52-46-39-35-31-29-28-30-34-38-44-50-56-68(3)4)66-90-94(82,83)88-62-70(77)63-89-95(84,85)91-67-72(65-87-74(79)59-53-47-43-42-45-51-57-69(5)6)93-76(81)60-54-48-40-36-32-26-22-20-18-16-14-12-10-8-2/h68-72,77H,7-67H2,1-6H3,(H,82,83)(H,84,85)/t70-,71-,72-/m1/s1. The third-order valence-corrected chi connectivity index (χ3v) is 19.6. The van der Waals surface area contributed by atoms with Gasteiger partial charge in [-0.3, -0.25) is 37.3 Å². The van der Waals surface area contributed by atoms with Gasteiger partial charge >= 0.3 is 39.5 Å². The number of rotatable bonds is 75. The summed E-state index contributed by atoms with van der Waals surface area (Å²) in [6.07, 6.45) is 55.6. The van der Waals surface area contributed by atoms with Gasteiger partial charge in [0.1, 0.15) is 19.3 Å². The van der Waals surface area contributed by atoms with Crippen LogP contribution in [-0.4, -0.2) is 96.7 Å². The predicted octanol–water partition coefficient (Wildman–Crippen LogP) is 22.3. The zero-order valence-corrected chi connectivity index (χ0v) is 63.8. The molecular formula is C76H148O17P2. The maximum Gasteiger partial charge on any atom is 0.472 e. The number of hydrogen-bond acceptors (Lipinski definition) is 15. The Morgan fingerprint density at radius 1 is 0.284 bits per heavy atom. The van der Waals surface area contributed by atoms with Crippen LogP contribution >= 0.6 is 15.6 Å². The van der Waals surface area contributed by atoms with E-state index in [0.29, 0.717) is 31.6 Å². The van der Waals surface area contributed by atoms with E-state index in [1.165, 1.54) is 205 Å². The Kier molecular flexibility index (Phi) is 66.5. The molecule has 0 heterocycles. The summed E-state index contributed by atoms with van der Waals surface area (Å²) in [7, 11) is -9.91. The highest BCUT2D eigenvalue weighted by Crippen LogP contribution is 2.45. The fourth-order valence-corrected chi connectivity index (χ4v) is 13.2. The Balaban J connectivity index is 5.24. The number of carbonyl (C=O) groups is 4. The van der Waals surface area contributed by atoms with Gasteiger partial charge in [-0.1, -0.05) is 343 Å². The number of aliphatic hydroxyl groups excluding tert-OH is 1. The summed E-state index contributed by atoms with van der Waals surface area (Å²) in [5.41, 5.74) is 0. The summed E-state index contributed by atoms with van der Waals surface area (Å²) in [5.74, 6) is -0.654. The fraction of sp³-hybridized carbons (Fsp3) is 0.947. The number of unbranched alkanes of at least 4 members (excludes halogenated alkanes) is 45. The zero-order chi connectivity index (χ0) is 70.0. The van der Waals surface area contributed by atoms with Crippen molar-refractivity contribution < 1.29 is 80.2 Å². The normalized spacial score (nSPS) is 14.0. The molecule has 95 heavy (non-hydrogen) atoms. The maximum atomic E-state index is 13.1. The molecule has 5 atom stereocenters. The van der Waals surface area contributed by atoms with E-state index in [-0.39, 0.29) is 25.7 Å². The van der Waals surface area contributed by atoms with Crippen molar-refractivity contribution in [2.45, 2.75) is 413 Å². The topological polar surface area (TPSA) is 237 Å². The highest BCUT2D eigenvalue weighted by Gasteiger charge is 2.30. The SMILES string of the molecule is CCCCCCCCCCCCCCCCCCCC(=O)O[C@H](COC(=O)CCCCCCCCCCCCCCC(C)C)COP(=O)(O)OC[C@@H](O)COP(=O)(O)OC[C@@H](COC(=O)CCCCCCCCC(C)C)OC(=O)CCCCCCCCCCCCCCCC. The molecule has 0 aliphatic rings. The second kappa shape index (κ2) is 67.9. The fourth-order valence-electron chi connectivity index (χ4n) is 11.7. The van der Waals surface area contributed by atoms with Crippen molar-refractivity contribution in [1.82, 2.24) is 0 Å². The number of ether oxygens (including phenoxy) is 4. The van der Waals surface area contributed by atoms with Crippen LogP contribution in [0.1, 0.15) is 395 Å². The van der Waals surface area contributed by atoms with Crippen LogP contribution < -0.4 is 0 Å². The lowest BCUT2D eigenvalue weighted by Crippen LogP contribution is -2.30. The molecule has 0 amide bonds. The van der Waals surface area contributed by atoms with Crippen molar-refractivity contribution in [2.24, 2.45) is 11.8 Å². The summed E-state index contributed by atoms with van der Waals surface area (Å²) < 4.78 is 68.5. The summed E-state index contributed by atoms with van der Waals surface area (Å²) in [6.45, 7) is 9.53. The third-order valence-electron chi connectivity index (χ3n) is 17.7. The number of aliphatic hydroxyl groups is 1. The molecule has 0 spiro atoms. The zero-order valence-electron chi connectivity index (χ0n) is 62.0. The third kappa shape index (κ3) is 70.3. The van der Waals surface area contributed by atoms with Gasteiger partial charge in [0.15, 0.2) is 12.2 Å². The maximum absolute atomic E-state index is 13.1. The van der Waals surface area contributed by atoms with Crippen LogP contribution in [0.25, 0.3) is 0 Å². The molecule has 0 saturated carbocycles. The monoisotopic (exact) mass is 1400 g/mol. The molecule has 0 aliphatic carbocycles. The van der Waals surface area contributed by atoms with Gasteiger partial charge in [-0.25, -0.2) is 9.13 Å². The molecule has 0 aromatic carbocycles. The van der Waals surface area contributed by atoms with E-state index < -0.39 is 97.5 Å². The number of hydrogen-bond donors (Lipinski definition) is 3. The van der Waals surface area contributed by atoms with E-state index >= 15 is 0 Å². The van der Waals surface area contributed by atoms with Gasteiger partial charge in [0.25, 0.3) is 0 Å². The van der Waals surface area contributed by atoms with Crippen molar-refractivity contribution in [1.29, 1.82) is 0 Å². The second-order valence-corrected chi connectivity index (χ2v) is 31.3. The molecule has 19 heteroatoms. The van der Waals surface area contributed by atoms with Crippen molar-refractivity contribution in [3.8, 4) is 0 Å². The van der Waals surface area contributed by atoms with Gasteiger partial charge < -0.3 is 33.8 Å². The first kappa shape index (κ1) is 93.1. The molecule has 2 unspecified atom stereocenters. The summed E-state index contributed by atoms with van der Waals surface area (Å²) >= 11 is 0. The predicted molar refractivity (Wildman–Crippen MR) is 386 cm³/mol. The van der Waals surface area contributed by atoms with E-state index in [2.05, 4.69) is 41.5 Å². The van der Waals surface area contributed by atoms with E-state index in [9.17, 15) is 43.2 Å². The number of phosphoric ester groups is 2. The van der Waals surface area contributed by atoms with Gasteiger partial charge in [0, 0.05) is 25.7 Å². The van der Waals surface area contributed by atoms with Gasteiger partial charge in [0.2, 0.25) is 0 Å². The van der Waals surface area contributed by atoms with E-state index in [1.807, 2.05) is 0 Å². The largest absolute Gasteiger partial charge is 0.472 e.